The summed E-state index contributed by atoms with van der Waals surface area (Å²) in [5.74, 6) is 0.105. The zero-order valence-corrected chi connectivity index (χ0v) is 20.1. The number of carbonyl (C=O) groups is 1. The minimum atomic E-state index is -0.583. The summed E-state index contributed by atoms with van der Waals surface area (Å²) in [7, 11) is 3.08. The van der Waals surface area contributed by atoms with Gasteiger partial charge in [0.15, 0.2) is 5.69 Å². The topological polar surface area (TPSA) is 89.3 Å². The lowest BCUT2D eigenvalue weighted by Crippen LogP contribution is -2.35. The molecule has 1 saturated heterocycles. The molecule has 1 aliphatic rings. The minimum Gasteiger partial charge on any atom is -0.464 e. The molecule has 0 radical (unpaired) electrons. The van der Waals surface area contributed by atoms with Crippen molar-refractivity contribution in [3.05, 3.63) is 56.6 Å². The number of anilines is 2. The molecule has 1 fully saturated rings. The van der Waals surface area contributed by atoms with Crippen molar-refractivity contribution in [2.75, 3.05) is 30.4 Å². The molecule has 1 aliphatic heterocycles. The lowest BCUT2D eigenvalue weighted by molar-refractivity contribution is 0.0595. The molecule has 1 N–H and O–H groups in total. The van der Waals surface area contributed by atoms with Gasteiger partial charge in [-0.25, -0.2) is 14.8 Å². The van der Waals surface area contributed by atoms with Crippen molar-refractivity contribution >= 4 is 40.1 Å². The van der Waals surface area contributed by atoms with E-state index in [9.17, 15) is 9.59 Å². The Labute approximate surface area is 197 Å². The highest BCUT2D eigenvalue weighted by Gasteiger charge is 2.22. The first kappa shape index (κ1) is 23.0. The lowest BCUT2D eigenvalue weighted by Gasteiger charge is -2.29. The highest BCUT2D eigenvalue weighted by Crippen LogP contribution is 2.29. The maximum absolute atomic E-state index is 13.3. The Morgan fingerprint density at radius 2 is 1.91 bits per heavy atom. The van der Waals surface area contributed by atoms with Gasteiger partial charge in [-0.2, -0.15) is 0 Å². The van der Waals surface area contributed by atoms with E-state index in [1.165, 1.54) is 13.5 Å². The molecule has 0 aliphatic carbocycles. The van der Waals surface area contributed by atoms with Crippen LogP contribution >= 0.6 is 11.6 Å². The van der Waals surface area contributed by atoms with Crippen LogP contribution in [0.3, 0.4) is 0 Å². The molecular formula is C24H28ClN5O3. The SMILES string of the molecule is COC(=O)c1nc(Cl)ccc1NC(C)c1cc(C)cc2c(=O)n(C)c(N3CCCCC3)nc12. The molecule has 4 rings (SSSR count). The Morgan fingerprint density at radius 3 is 2.61 bits per heavy atom. The Morgan fingerprint density at radius 1 is 1.18 bits per heavy atom. The third-order valence-corrected chi connectivity index (χ3v) is 6.26. The number of hydrogen-bond donors (Lipinski definition) is 1. The van der Waals surface area contributed by atoms with E-state index in [1.807, 2.05) is 26.0 Å². The Kier molecular flexibility index (Phi) is 6.56. The predicted molar refractivity (Wildman–Crippen MR) is 130 cm³/mol. The number of benzene rings is 1. The van der Waals surface area contributed by atoms with Gasteiger partial charge in [0.25, 0.3) is 5.56 Å². The summed E-state index contributed by atoms with van der Waals surface area (Å²) in [4.78, 5) is 36.8. The number of rotatable bonds is 5. The largest absolute Gasteiger partial charge is 0.464 e. The van der Waals surface area contributed by atoms with Gasteiger partial charge in [0, 0.05) is 25.7 Å². The molecule has 1 aromatic carbocycles. The zero-order chi connectivity index (χ0) is 23.7. The fraction of sp³-hybridized carbons (Fsp3) is 0.417. The summed E-state index contributed by atoms with van der Waals surface area (Å²) in [6.45, 7) is 5.69. The van der Waals surface area contributed by atoms with Gasteiger partial charge in [-0.3, -0.25) is 9.36 Å². The van der Waals surface area contributed by atoms with Crippen LogP contribution in [0, 0.1) is 6.92 Å². The summed E-state index contributed by atoms with van der Waals surface area (Å²) < 4.78 is 6.50. The minimum absolute atomic E-state index is 0.0684. The monoisotopic (exact) mass is 469 g/mol. The van der Waals surface area contributed by atoms with Gasteiger partial charge in [0.05, 0.1) is 29.7 Å². The number of ether oxygens (including phenoxy) is 1. The van der Waals surface area contributed by atoms with E-state index in [-0.39, 0.29) is 22.4 Å². The molecule has 9 heteroatoms. The van der Waals surface area contributed by atoms with Crippen LogP contribution in [0.15, 0.2) is 29.1 Å². The first-order chi connectivity index (χ1) is 15.8. The number of fused-ring (bicyclic) bond motifs is 1. The molecule has 0 saturated carbocycles. The van der Waals surface area contributed by atoms with Crippen molar-refractivity contribution in [1.82, 2.24) is 14.5 Å². The number of aryl methyl sites for hydroxylation is 1. The highest BCUT2D eigenvalue weighted by atomic mass is 35.5. The van der Waals surface area contributed by atoms with E-state index < -0.39 is 5.97 Å². The van der Waals surface area contributed by atoms with Gasteiger partial charge in [-0.05, 0) is 56.9 Å². The van der Waals surface area contributed by atoms with E-state index in [4.69, 9.17) is 21.3 Å². The van der Waals surface area contributed by atoms with Gasteiger partial charge < -0.3 is 15.0 Å². The van der Waals surface area contributed by atoms with Crippen molar-refractivity contribution in [2.45, 2.75) is 39.2 Å². The summed E-state index contributed by atoms with van der Waals surface area (Å²) >= 11 is 6.00. The predicted octanol–water partition coefficient (Wildman–Crippen LogP) is 4.24. The quantitative estimate of drug-likeness (QED) is 0.441. The number of nitrogens with one attached hydrogen (secondary N) is 1. The third kappa shape index (κ3) is 4.53. The number of nitrogens with zero attached hydrogens (tertiary/aromatic N) is 4. The molecule has 8 nitrogen and oxygen atoms in total. The summed E-state index contributed by atoms with van der Waals surface area (Å²) in [5, 5.41) is 4.11. The van der Waals surface area contributed by atoms with E-state index in [0.717, 1.165) is 37.1 Å². The Balaban J connectivity index is 1.81. The fourth-order valence-corrected chi connectivity index (χ4v) is 4.51. The van der Waals surface area contributed by atoms with Crippen molar-refractivity contribution in [1.29, 1.82) is 0 Å². The molecule has 174 valence electrons. The van der Waals surface area contributed by atoms with Crippen molar-refractivity contribution in [3.8, 4) is 0 Å². The summed E-state index contributed by atoms with van der Waals surface area (Å²) in [5.41, 5.74) is 3.01. The van der Waals surface area contributed by atoms with Crippen LogP contribution in [-0.4, -0.2) is 40.7 Å². The molecule has 0 spiro atoms. The third-order valence-electron chi connectivity index (χ3n) is 6.05. The second-order valence-corrected chi connectivity index (χ2v) is 8.85. The second-order valence-electron chi connectivity index (χ2n) is 8.46. The number of piperidine rings is 1. The average Bonchev–Trinajstić information content (AvgIpc) is 2.82. The van der Waals surface area contributed by atoms with Crippen LogP contribution in [0.5, 0.6) is 0 Å². The zero-order valence-electron chi connectivity index (χ0n) is 19.3. The van der Waals surface area contributed by atoms with Gasteiger partial charge >= 0.3 is 5.97 Å². The highest BCUT2D eigenvalue weighted by molar-refractivity contribution is 6.29. The van der Waals surface area contributed by atoms with Crippen LogP contribution in [0.4, 0.5) is 11.6 Å². The molecule has 1 atom stereocenters. The Hall–Kier alpha value is -3.13. The summed E-state index contributed by atoms with van der Waals surface area (Å²) in [6.07, 6.45) is 3.38. The molecule has 3 heterocycles. The van der Waals surface area contributed by atoms with E-state index in [1.54, 1.807) is 23.7 Å². The maximum atomic E-state index is 13.3. The molecule has 0 bridgehead atoms. The molecule has 3 aromatic rings. The lowest BCUT2D eigenvalue weighted by atomic mass is 10.0. The number of carbonyl (C=O) groups excluding carboxylic acids is 1. The fourth-order valence-electron chi connectivity index (χ4n) is 4.36. The van der Waals surface area contributed by atoms with Crippen LogP contribution in [0.2, 0.25) is 5.15 Å². The number of aromatic nitrogens is 3. The number of pyridine rings is 1. The van der Waals surface area contributed by atoms with Crippen LogP contribution in [-0.2, 0) is 11.8 Å². The first-order valence-electron chi connectivity index (χ1n) is 11.1. The number of esters is 1. The van der Waals surface area contributed by atoms with Gasteiger partial charge in [-0.15, -0.1) is 0 Å². The van der Waals surface area contributed by atoms with Gasteiger partial charge in [-0.1, -0.05) is 17.7 Å². The number of hydrogen-bond acceptors (Lipinski definition) is 7. The number of halogens is 1. The van der Waals surface area contributed by atoms with Gasteiger partial charge in [0.1, 0.15) is 5.15 Å². The molecule has 1 unspecified atom stereocenters. The first-order valence-corrected chi connectivity index (χ1v) is 11.5. The summed E-state index contributed by atoms with van der Waals surface area (Å²) in [6, 6.07) is 6.94. The molecule has 0 amide bonds. The molecule has 2 aromatic heterocycles. The van der Waals surface area contributed by atoms with Crippen molar-refractivity contribution in [2.24, 2.45) is 7.05 Å². The second kappa shape index (κ2) is 9.39. The smallest absolute Gasteiger partial charge is 0.358 e. The van der Waals surface area contributed by atoms with Gasteiger partial charge in [0.2, 0.25) is 5.95 Å². The van der Waals surface area contributed by atoms with Crippen molar-refractivity contribution < 1.29 is 9.53 Å². The number of methoxy groups -OCH3 is 1. The van der Waals surface area contributed by atoms with E-state index in [2.05, 4.69) is 15.2 Å². The van der Waals surface area contributed by atoms with Crippen molar-refractivity contribution in [3.63, 3.8) is 0 Å². The van der Waals surface area contributed by atoms with Crippen LogP contribution in [0.1, 0.15) is 53.8 Å². The maximum Gasteiger partial charge on any atom is 0.358 e. The average molecular weight is 470 g/mol. The molecule has 33 heavy (non-hydrogen) atoms. The van der Waals surface area contributed by atoms with Crippen LogP contribution < -0.4 is 15.8 Å². The molecular weight excluding hydrogens is 442 g/mol. The normalized spacial score (nSPS) is 14.9. The standard InChI is InChI=1S/C24H28ClN5O3/c1-14-12-16(15(2)26-18-8-9-19(25)27-21(18)23(32)33-4)20-17(13-14)22(31)29(3)24(28-20)30-10-6-5-7-11-30/h8-9,12-13,15,26H,5-7,10-11H2,1-4H3. The van der Waals surface area contributed by atoms with E-state index in [0.29, 0.717) is 22.5 Å². The Bertz CT molecular complexity index is 1270. The van der Waals surface area contributed by atoms with E-state index >= 15 is 0 Å². The van der Waals surface area contributed by atoms with Crippen LogP contribution in [0.25, 0.3) is 10.9 Å².